The number of allylic oxidation sites excluding steroid dienone is 20. The Hall–Kier alpha value is -7.52. The number of esters is 3. The highest BCUT2D eigenvalue weighted by atomic mass is 33.1. The zero-order valence-corrected chi connectivity index (χ0v) is 88.1. The van der Waals surface area contributed by atoms with Gasteiger partial charge in [0.2, 0.25) is 29.0 Å². The molecule has 0 aliphatic heterocycles. The van der Waals surface area contributed by atoms with Crippen molar-refractivity contribution in [2.24, 2.45) is 114 Å². The molecular weight excluding hydrogens is 1880 g/mol. The quantitative estimate of drug-likeness (QED) is 0.0121. The van der Waals surface area contributed by atoms with Gasteiger partial charge in [-0.2, -0.15) is 0 Å². The Bertz CT molecular complexity index is 5180. The predicted octanol–water partition coefficient (Wildman–Crippen LogP) is 17.2. The normalized spacial score (nSPS) is 43.4. The SMILES string of the molecule is C=C1C=C[C@@]2(C)C(=C1)CC[C@H]1[C@@H]3C[C@@H](C)[C@](O)(C(=O)COC(=O)OCC(=O)CCC)[C@@]3(C)C[C@H](O)[C@@]12F.C=C1C=C[C@]2(C)C(=C1)CC[C@@H]1[C@H]3C[C@H](C)[C@@](O)(C(=O)COC(=O)CCC(=O)NCC)[C@]3(C)C[C@@H](O)[C@]12F.C=C1C=C[C@]2(C)C(=C1)CC[C@@H]1[C@H]3C[C@H](C)[C@@](O)(C(=O)COC(=O)CCC)[C@]3(C)C[C@@H](O)[C@]12F.C=C1C=C[C@]2(C)C(=C1)CC[C@@H]1[C@H]3C[C@H](C)[C@@](O)(C(=O)COC(=O)CCSSCC)[C@]3(C)C[C@@H](O)[C@]12F. The van der Waals surface area contributed by atoms with Gasteiger partial charge in [-0.05, 0) is 220 Å². The van der Waals surface area contributed by atoms with Crippen LogP contribution in [0.5, 0.6) is 0 Å². The highest BCUT2D eigenvalue weighted by Crippen LogP contribution is 2.77. The van der Waals surface area contributed by atoms with Gasteiger partial charge in [0.15, 0.2) is 61.5 Å². The number of hydrogen-bond donors (Lipinski definition) is 9. The Labute approximate surface area is 848 Å². The lowest BCUT2D eigenvalue weighted by Crippen LogP contribution is -2.69. The third kappa shape index (κ3) is 17.7. The van der Waals surface area contributed by atoms with Crippen molar-refractivity contribution in [1.29, 1.82) is 0 Å². The summed E-state index contributed by atoms with van der Waals surface area (Å²) in [5.41, 5.74) is -16.3. The largest absolute Gasteiger partial charge is 0.509 e. The van der Waals surface area contributed by atoms with Gasteiger partial charge in [0, 0.05) is 104 Å². The summed E-state index contributed by atoms with van der Waals surface area (Å²) >= 11 is 0. The molecule has 0 aromatic carbocycles. The number of amides is 1. The smallest absolute Gasteiger partial charge is 0.458 e. The molecule has 0 heterocycles. The van der Waals surface area contributed by atoms with Crippen LogP contribution in [0.3, 0.4) is 0 Å². The van der Waals surface area contributed by atoms with Gasteiger partial charge in [-0.1, -0.05) is 219 Å². The lowest BCUT2D eigenvalue weighted by Gasteiger charge is -2.62. The van der Waals surface area contributed by atoms with E-state index in [2.05, 4.69) is 31.6 Å². The molecule has 24 nitrogen and oxygen atoms in total. The molecule has 9 N–H and O–H groups in total. The molecule has 0 unspecified atom stereocenters. The second kappa shape index (κ2) is 41.1. The van der Waals surface area contributed by atoms with E-state index in [1.54, 1.807) is 68.4 Å². The maximum atomic E-state index is 17.3. The first kappa shape index (κ1) is 113. The van der Waals surface area contributed by atoms with E-state index in [1.807, 2.05) is 137 Å². The molecular formula is C113H155F4NO23S2. The molecule has 1 amide bonds. The minimum absolute atomic E-state index is 0.0300. The number of hydrogen-bond acceptors (Lipinski definition) is 25. The van der Waals surface area contributed by atoms with Crippen LogP contribution in [0.4, 0.5) is 22.4 Å². The average molecular weight is 2040 g/mol. The van der Waals surface area contributed by atoms with Crippen LogP contribution >= 0.6 is 21.6 Å². The van der Waals surface area contributed by atoms with Crippen LogP contribution < -0.4 is 5.32 Å². The van der Waals surface area contributed by atoms with Gasteiger partial charge >= 0.3 is 24.1 Å². The van der Waals surface area contributed by atoms with E-state index in [0.717, 1.165) is 50.3 Å². The minimum atomic E-state index is -1.96. The first-order chi connectivity index (χ1) is 66.7. The van der Waals surface area contributed by atoms with Crippen LogP contribution in [0, 0.1) is 114 Å². The van der Waals surface area contributed by atoms with E-state index in [-0.39, 0.29) is 93.1 Å². The maximum absolute atomic E-state index is 17.3. The monoisotopic (exact) mass is 2030 g/mol. The summed E-state index contributed by atoms with van der Waals surface area (Å²) in [5, 5.41) is 95.8. The van der Waals surface area contributed by atoms with Crippen molar-refractivity contribution in [3.05, 3.63) is 144 Å². The molecule has 16 aliphatic carbocycles. The van der Waals surface area contributed by atoms with Gasteiger partial charge in [0.05, 0.1) is 37.3 Å². The molecule has 30 heteroatoms. The second-order valence-corrected chi connectivity index (χ2v) is 49.2. The van der Waals surface area contributed by atoms with Crippen molar-refractivity contribution in [3.8, 4) is 0 Å². The minimum Gasteiger partial charge on any atom is -0.458 e. The number of fused-ring (bicyclic) bond motifs is 20. The van der Waals surface area contributed by atoms with Crippen LogP contribution in [0.1, 0.15) is 258 Å². The van der Waals surface area contributed by atoms with Crippen LogP contribution in [-0.4, -0.2) is 220 Å². The van der Waals surface area contributed by atoms with E-state index >= 15 is 17.6 Å². The number of carbonyl (C=O) groups excluding carboxylic acids is 10. The number of halogens is 4. The summed E-state index contributed by atoms with van der Waals surface area (Å²) in [7, 11) is 3.24. The lowest BCUT2D eigenvalue weighted by molar-refractivity contribution is -0.219. The van der Waals surface area contributed by atoms with Gasteiger partial charge in [-0.25, -0.2) is 22.4 Å². The average Bonchev–Trinajstić information content (AvgIpc) is 1.61. The number of Topliss-reactive ketones (excluding diaryl/α,β-unsaturated/α-hetero) is 5. The number of rotatable bonds is 27. The van der Waals surface area contributed by atoms with Crippen molar-refractivity contribution in [1.82, 2.24) is 5.32 Å². The number of nitrogens with one attached hydrogen (secondary N) is 1. The summed E-state index contributed by atoms with van der Waals surface area (Å²) in [6, 6.07) is 0. The van der Waals surface area contributed by atoms with Crippen LogP contribution in [0.15, 0.2) is 144 Å². The molecule has 0 bridgehead atoms. The number of ether oxygens (including phenoxy) is 5. The third-order valence-electron chi connectivity index (χ3n) is 39.2. The zero-order valence-electron chi connectivity index (χ0n) is 86.4. The number of ketones is 5. The fourth-order valence-corrected chi connectivity index (χ4v) is 33.2. The van der Waals surface area contributed by atoms with Crippen molar-refractivity contribution in [3.63, 3.8) is 0 Å². The number of carbonyl (C=O) groups is 10. The Kier molecular flexibility index (Phi) is 32.4. The molecule has 12 fully saturated rings. The van der Waals surface area contributed by atoms with Gasteiger partial charge < -0.3 is 69.9 Å². The maximum Gasteiger partial charge on any atom is 0.509 e. The second-order valence-electron chi connectivity index (χ2n) is 46.3. The molecule has 12 saturated carbocycles. The Morgan fingerprint density at radius 1 is 0.371 bits per heavy atom. The molecule has 143 heavy (non-hydrogen) atoms. The van der Waals surface area contributed by atoms with E-state index in [1.165, 1.54) is 0 Å². The van der Waals surface area contributed by atoms with E-state index in [9.17, 15) is 88.8 Å². The summed E-state index contributed by atoms with van der Waals surface area (Å²) in [4.78, 5) is 125. The van der Waals surface area contributed by atoms with Crippen molar-refractivity contribution >= 4 is 80.5 Å². The Morgan fingerprint density at radius 2 is 0.636 bits per heavy atom. The molecule has 790 valence electrons. The summed E-state index contributed by atoms with van der Waals surface area (Å²) in [5.74, 6) is -8.46. The number of aliphatic hydroxyl groups is 8. The fourth-order valence-electron chi connectivity index (χ4n) is 31.6. The molecule has 16 rings (SSSR count). The third-order valence-corrected chi connectivity index (χ3v) is 41.7. The van der Waals surface area contributed by atoms with Crippen LogP contribution in [0.25, 0.3) is 0 Å². The van der Waals surface area contributed by atoms with Gasteiger partial charge in [0.1, 0.15) is 22.4 Å². The van der Waals surface area contributed by atoms with Crippen molar-refractivity contribution in [2.45, 2.75) is 328 Å². The number of aliphatic hydroxyl groups excluding tert-OH is 4. The molecule has 0 aromatic heterocycles. The van der Waals surface area contributed by atoms with E-state index < -0.39 is 240 Å². The lowest BCUT2D eigenvalue weighted by atomic mass is 9.44. The molecule has 16 aliphatic rings. The molecule has 0 spiro atoms. The van der Waals surface area contributed by atoms with Gasteiger partial charge in [0.25, 0.3) is 0 Å². The first-order valence-electron chi connectivity index (χ1n) is 51.9. The van der Waals surface area contributed by atoms with Crippen molar-refractivity contribution in [2.75, 3.05) is 51.1 Å². The predicted molar refractivity (Wildman–Crippen MR) is 536 cm³/mol. The van der Waals surface area contributed by atoms with Gasteiger partial charge in [-0.15, -0.1) is 0 Å². The summed E-state index contributed by atoms with van der Waals surface area (Å²) in [6.45, 7) is 42.7. The van der Waals surface area contributed by atoms with Crippen LogP contribution in [0.2, 0.25) is 0 Å². The Balaban J connectivity index is 0.000000160. The fraction of sp³-hybridized carbons (Fsp3) is 0.699. The Morgan fingerprint density at radius 3 is 0.909 bits per heavy atom. The summed E-state index contributed by atoms with van der Waals surface area (Å²) < 4.78 is 94.2. The molecule has 32 atom stereocenters. The highest BCUT2D eigenvalue weighted by Gasteiger charge is 2.81. The molecule has 0 aromatic rings. The highest BCUT2D eigenvalue weighted by molar-refractivity contribution is 8.76. The standard InChI is InChI=1S/C29H40FNO6.C29H39FO7.C28H39FO5S2.C27H37FO5/c1-6-31-24(34)9-10-25(35)37-16-23(33)29(36)18(3)14-21-20-8-7-19-13-17(2)11-12-26(19,4)28(20,30)22(32)15-27(21,29)5;1-6-7-20(31)15-36-25(34)37-16-24(33)29(35)18(3)13-22-21-9-8-19-12-17(2)10-11-26(19,4)28(21,30)23(32)14-27(22,29)5;1-6-35-36-12-10-24(32)34-16-23(31)28(33)18(3)14-21-20-8-7-19-13-17(2)9-11-25(19,4)27(20,29)22(30)15-26(21,28)5;1-6-7-23(31)33-15-22(30)27(32)17(3)13-20-19-9-8-18-12-16(2)10-11-24(18,4)26(19,28)21(29)14-25(20,27)5/h11-13,18,20-22,32,36H,2,6-10,14-16H2,1,3-5H3,(H,31,34);10-12,18,21-23,32,35H,2,6-9,13-16H2,1,3-5H3;9,11,13,18,20-22,30,33H,2,6-8,10,12,14-16H2,1,3-5H3;10-12,17,19-21,29,32H,2,6-9,13-15H2,1,3-5H3/t18-,20+,21+,22+,26+,27+,28+,29+;18-,21+,22+,23+,26+,27+,28+,29+;18-,20+,21+,22+,25+,26+,27+,28+;17-,19+,20+,21+,24+,25+,26+,27+/m0100/s1. The first-order valence-corrected chi connectivity index (χ1v) is 54.4. The van der Waals surface area contributed by atoms with Crippen LogP contribution in [-0.2, 0) is 66.8 Å². The zero-order chi connectivity index (χ0) is 106. The van der Waals surface area contributed by atoms with E-state index in [0.29, 0.717) is 102 Å². The molecule has 0 radical (unpaired) electrons. The topological polar surface area (TPSA) is 391 Å². The molecule has 0 saturated heterocycles. The number of alkyl halides is 4. The van der Waals surface area contributed by atoms with E-state index in [4.69, 9.17) is 23.7 Å². The van der Waals surface area contributed by atoms with Gasteiger partial charge in [-0.3, -0.25) is 43.2 Å². The van der Waals surface area contributed by atoms with Crippen molar-refractivity contribution < 1.29 is 130 Å². The summed E-state index contributed by atoms with van der Waals surface area (Å²) in [6.07, 6.45) is 23.5.